The van der Waals surface area contributed by atoms with Gasteiger partial charge in [0.25, 0.3) is 0 Å². The number of aryl methyl sites for hydroxylation is 2. The van der Waals surface area contributed by atoms with E-state index in [-0.39, 0.29) is 0 Å². The molecule has 0 aromatic carbocycles. The smallest absolute Gasteiger partial charge is 0.243 e. The Morgan fingerprint density at radius 1 is 1.27 bits per heavy atom. The van der Waals surface area contributed by atoms with Gasteiger partial charge in [-0.15, -0.1) is 5.10 Å². The lowest BCUT2D eigenvalue weighted by Crippen LogP contribution is -2.31. The van der Waals surface area contributed by atoms with Gasteiger partial charge in [-0.25, -0.2) is 4.98 Å². The lowest BCUT2D eigenvalue weighted by Gasteiger charge is -2.22. The molecule has 2 heterocycles. The van der Waals surface area contributed by atoms with Crippen molar-refractivity contribution in [3.63, 3.8) is 0 Å². The minimum absolute atomic E-state index is 0.322. The number of anilines is 1. The van der Waals surface area contributed by atoms with Gasteiger partial charge < -0.3 is 10.1 Å². The van der Waals surface area contributed by atoms with E-state index >= 15 is 0 Å². The molecule has 0 amide bonds. The van der Waals surface area contributed by atoms with Crippen LogP contribution in [0.3, 0.4) is 0 Å². The minimum atomic E-state index is 0.322. The van der Waals surface area contributed by atoms with Crippen molar-refractivity contribution in [2.75, 3.05) is 18.5 Å². The molecule has 1 saturated heterocycles. The Labute approximate surface area is 89.3 Å². The Morgan fingerprint density at radius 3 is 2.80 bits per heavy atom. The van der Waals surface area contributed by atoms with Crippen molar-refractivity contribution in [1.29, 1.82) is 0 Å². The summed E-state index contributed by atoms with van der Waals surface area (Å²) < 4.78 is 5.37. The molecular weight excluding hydrogens is 192 g/mol. The van der Waals surface area contributed by atoms with Gasteiger partial charge in [0.2, 0.25) is 5.95 Å². The van der Waals surface area contributed by atoms with E-state index in [9.17, 15) is 0 Å². The lowest BCUT2D eigenvalue weighted by molar-refractivity contribution is 0.0873. The predicted octanol–water partition coefficient (Wildman–Crippen LogP) is 1.08. The molecule has 0 aliphatic carbocycles. The second-order valence-electron chi connectivity index (χ2n) is 3.86. The first-order chi connectivity index (χ1) is 7.25. The van der Waals surface area contributed by atoms with E-state index in [1.165, 1.54) is 0 Å². The molecule has 0 radical (unpaired) electrons. The van der Waals surface area contributed by atoms with Crippen molar-refractivity contribution in [2.45, 2.75) is 32.7 Å². The molecule has 0 saturated carbocycles. The maximum absolute atomic E-state index is 5.37. The third kappa shape index (κ3) is 2.62. The van der Waals surface area contributed by atoms with Crippen molar-refractivity contribution in [3.05, 3.63) is 11.4 Å². The van der Waals surface area contributed by atoms with Gasteiger partial charge in [0.1, 0.15) is 0 Å². The van der Waals surface area contributed by atoms with E-state index < -0.39 is 0 Å². The molecule has 1 aromatic rings. The van der Waals surface area contributed by atoms with Gasteiger partial charge in [0, 0.05) is 6.61 Å². The number of hydrogen-bond donors (Lipinski definition) is 1. The number of hydrogen-bond acceptors (Lipinski definition) is 5. The first-order valence-electron chi connectivity index (χ1n) is 5.28. The number of rotatable bonds is 2. The summed E-state index contributed by atoms with van der Waals surface area (Å²) in [6.07, 6.45) is 2.20. The first kappa shape index (κ1) is 10.3. The summed E-state index contributed by atoms with van der Waals surface area (Å²) in [5, 5.41) is 11.3. The highest BCUT2D eigenvalue weighted by Gasteiger charge is 2.14. The third-order valence-corrected chi connectivity index (χ3v) is 2.59. The summed E-state index contributed by atoms with van der Waals surface area (Å²) >= 11 is 0. The van der Waals surface area contributed by atoms with E-state index in [1.807, 2.05) is 13.8 Å². The Hall–Kier alpha value is -1.23. The summed E-state index contributed by atoms with van der Waals surface area (Å²) in [6, 6.07) is 0.322. The van der Waals surface area contributed by atoms with Crippen LogP contribution in [0, 0.1) is 13.8 Å². The molecule has 1 unspecified atom stereocenters. The van der Waals surface area contributed by atoms with Crippen LogP contribution >= 0.6 is 0 Å². The highest BCUT2D eigenvalue weighted by atomic mass is 16.5. The molecule has 1 aliphatic heterocycles. The van der Waals surface area contributed by atoms with Crippen LogP contribution in [0.5, 0.6) is 0 Å². The monoisotopic (exact) mass is 208 g/mol. The highest BCUT2D eigenvalue weighted by Crippen LogP contribution is 2.11. The molecule has 1 atom stereocenters. The van der Waals surface area contributed by atoms with Crippen LogP contribution in [-0.2, 0) is 4.74 Å². The van der Waals surface area contributed by atoms with Gasteiger partial charge >= 0.3 is 0 Å². The SMILES string of the molecule is Cc1nnc(NC2CCCOC2)nc1C. The molecule has 82 valence electrons. The van der Waals surface area contributed by atoms with Gasteiger partial charge in [-0.05, 0) is 26.7 Å². The van der Waals surface area contributed by atoms with Gasteiger partial charge in [-0.2, -0.15) is 5.10 Å². The standard InChI is InChI=1S/C10H16N4O/c1-7-8(2)13-14-10(11-7)12-9-4-3-5-15-6-9/h9H,3-6H2,1-2H3,(H,11,12,14). The van der Waals surface area contributed by atoms with E-state index in [2.05, 4.69) is 20.5 Å². The first-order valence-corrected chi connectivity index (χ1v) is 5.28. The molecule has 5 heteroatoms. The topological polar surface area (TPSA) is 59.9 Å². The summed E-state index contributed by atoms with van der Waals surface area (Å²) in [5.74, 6) is 0.605. The molecule has 1 aliphatic rings. The fraction of sp³-hybridized carbons (Fsp3) is 0.700. The average molecular weight is 208 g/mol. The van der Waals surface area contributed by atoms with Crippen LogP contribution in [0.25, 0.3) is 0 Å². The molecular formula is C10H16N4O. The van der Waals surface area contributed by atoms with Crippen LogP contribution in [0.4, 0.5) is 5.95 Å². The molecule has 1 fully saturated rings. The van der Waals surface area contributed by atoms with E-state index in [4.69, 9.17) is 4.74 Å². The zero-order chi connectivity index (χ0) is 10.7. The van der Waals surface area contributed by atoms with Gasteiger partial charge in [0.15, 0.2) is 0 Å². The number of ether oxygens (including phenoxy) is 1. The fourth-order valence-electron chi connectivity index (χ4n) is 1.56. The largest absolute Gasteiger partial charge is 0.379 e. The van der Waals surface area contributed by atoms with Crippen LogP contribution in [0.1, 0.15) is 24.2 Å². The highest BCUT2D eigenvalue weighted by molar-refractivity contribution is 5.26. The van der Waals surface area contributed by atoms with Gasteiger partial charge in [0.05, 0.1) is 24.0 Å². The quantitative estimate of drug-likeness (QED) is 0.788. The van der Waals surface area contributed by atoms with Crippen molar-refractivity contribution in [3.8, 4) is 0 Å². The van der Waals surface area contributed by atoms with Crippen LogP contribution in [0.15, 0.2) is 0 Å². The van der Waals surface area contributed by atoms with Gasteiger partial charge in [-0.1, -0.05) is 0 Å². The predicted molar refractivity (Wildman–Crippen MR) is 56.8 cm³/mol. The summed E-state index contributed by atoms with van der Waals surface area (Å²) in [7, 11) is 0. The molecule has 5 nitrogen and oxygen atoms in total. The lowest BCUT2D eigenvalue weighted by atomic mass is 10.1. The average Bonchev–Trinajstić information content (AvgIpc) is 2.25. The van der Waals surface area contributed by atoms with Crippen molar-refractivity contribution >= 4 is 5.95 Å². The summed E-state index contributed by atoms with van der Waals surface area (Å²) in [6.45, 7) is 5.44. The fourth-order valence-corrected chi connectivity index (χ4v) is 1.56. The maximum Gasteiger partial charge on any atom is 0.243 e. The molecule has 2 rings (SSSR count). The summed E-state index contributed by atoms with van der Waals surface area (Å²) in [5.41, 5.74) is 1.80. The van der Waals surface area contributed by atoms with Crippen molar-refractivity contribution in [1.82, 2.24) is 15.2 Å². The zero-order valence-electron chi connectivity index (χ0n) is 9.16. The second kappa shape index (κ2) is 4.53. The molecule has 15 heavy (non-hydrogen) atoms. The number of nitrogens with one attached hydrogen (secondary N) is 1. The molecule has 1 N–H and O–H groups in total. The number of aromatic nitrogens is 3. The minimum Gasteiger partial charge on any atom is -0.379 e. The van der Waals surface area contributed by atoms with Crippen molar-refractivity contribution in [2.24, 2.45) is 0 Å². The van der Waals surface area contributed by atoms with E-state index in [0.29, 0.717) is 12.0 Å². The van der Waals surface area contributed by atoms with E-state index in [0.717, 1.165) is 37.4 Å². The molecule has 0 bridgehead atoms. The zero-order valence-corrected chi connectivity index (χ0v) is 9.16. The molecule has 0 spiro atoms. The Balaban J connectivity index is 2.00. The molecule has 1 aromatic heterocycles. The van der Waals surface area contributed by atoms with Crippen LogP contribution in [0.2, 0.25) is 0 Å². The van der Waals surface area contributed by atoms with E-state index in [1.54, 1.807) is 0 Å². The Bertz CT molecular complexity index is 336. The van der Waals surface area contributed by atoms with Crippen LogP contribution in [-0.4, -0.2) is 34.4 Å². The van der Waals surface area contributed by atoms with Gasteiger partial charge in [-0.3, -0.25) is 0 Å². The Morgan fingerprint density at radius 2 is 2.13 bits per heavy atom. The van der Waals surface area contributed by atoms with Crippen molar-refractivity contribution < 1.29 is 4.74 Å². The normalized spacial score (nSPS) is 21.3. The Kier molecular flexibility index (Phi) is 3.11. The van der Waals surface area contributed by atoms with Crippen LogP contribution < -0.4 is 5.32 Å². The summed E-state index contributed by atoms with van der Waals surface area (Å²) in [4.78, 5) is 4.33. The third-order valence-electron chi connectivity index (χ3n) is 2.59. The maximum atomic E-state index is 5.37. The second-order valence-corrected chi connectivity index (χ2v) is 3.86. The number of nitrogens with zero attached hydrogens (tertiary/aromatic N) is 3.